The second-order valence-electron chi connectivity index (χ2n) is 6.28. The molecular formula is C18H24N4O3S. The zero-order valence-corrected chi connectivity index (χ0v) is 15.6. The first-order valence-electron chi connectivity index (χ1n) is 8.72. The van der Waals surface area contributed by atoms with Crippen LogP contribution in [0.15, 0.2) is 23.1 Å². The zero-order valence-electron chi connectivity index (χ0n) is 14.8. The predicted octanol–water partition coefficient (Wildman–Crippen LogP) is 1.54. The second-order valence-corrected chi connectivity index (χ2v) is 7.29. The summed E-state index contributed by atoms with van der Waals surface area (Å²) in [5.41, 5.74) is 7.39. The van der Waals surface area contributed by atoms with E-state index in [4.69, 9.17) is 10.5 Å². The minimum Gasteiger partial charge on any atom is -0.495 e. The van der Waals surface area contributed by atoms with E-state index in [1.165, 1.54) is 0 Å². The van der Waals surface area contributed by atoms with Gasteiger partial charge in [0.05, 0.1) is 17.7 Å². The summed E-state index contributed by atoms with van der Waals surface area (Å²) in [6.45, 7) is 3.36. The number of methoxy groups -OCH3 is 1. The molecule has 0 saturated carbocycles. The third-order valence-electron chi connectivity index (χ3n) is 4.50. The van der Waals surface area contributed by atoms with Gasteiger partial charge in [-0.2, -0.15) is 0 Å². The van der Waals surface area contributed by atoms with Gasteiger partial charge in [0, 0.05) is 24.7 Å². The van der Waals surface area contributed by atoms with Gasteiger partial charge in [-0.25, -0.2) is 0 Å². The first kappa shape index (κ1) is 18.8. The molecule has 1 aromatic rings. The number of para-hydroxylation sites is 1. The molecule has 2 fully saturated rings. The van der Waals surface area contributed by atoms with Crippen LogP contribution in [0, 0.1) is 0 Å². The molecule has 2 saturated heterocycles. The minimum absolute atomic E-state index is 0.337. The van der Waals surface area contributed by atoms with Crippen molar-refractivity contribution < 1.29 is 14.3 Å². The van der Waals surface area contributed by atoms with E-state index >= 15 is 0 Å². The van der Waals surface area contributed by atoms with Crippen LogP contribution in [0.4, 0.5) is 10.5 Å². The number of hydrogen-bond donors (Lipinski definition) is 3. The van der Waals surface area contributed by atoms with Gasteiger partial charge >= 0.3 is 0 Å². The van der Waals surface area contributed by atoms with Gasteiger partial charge in [-0.15, -0.1) is 0 Å². The molecule has 1 aromatic carbocycles. The fourth-order valence-corrected chi connectivity index (χ4v) is 3.93. The lowest BCUT2D eigenvalue weighted by Crippen LogP contribution is -2.34. The van der Waals surface area contributed by atoms with Crippen LogP contribution in [0.5, 0.6) is 5.75 Å². The maximum atomic E-state index is 11.9. The highest BCUT2D eigenvalue weighted by molar-refractivity contribution is 8.18. The molecule has 4 N–H and O–H groups in total. The zero-order chi connectivity index (χ0) is 18.5. The highest BCUT2D eigenvalue weighted by Crippen LogP contribution is 2.37. The second kappa shape index (κ2) is 8.57. The highest BCUT2D eigenvalue weighted by atomic mass is 32.2. The van der Waals surface area contributed by atoms with E-state index in [1.807, 2.05) is 18.2 Å². The van der Waals surface area contributed by atoms with Crippen molar-refractivity contribution in [1.29, 1.82) is 0 Å². The lowest BCUT2D eigenvalue weighted by Gasteiger charge is -2.24. The highest BCUT2D eigenvalue weighted by Gasteiger charge is 2.28. The van der Waals surface area contributed by atoms with Gasteiger partial charge in [-0.1, -0.05) is 12.1 Å². The maximum absolute atomic E-state index is 11.9. The number of carbonyl (C=O) groups is 2. The SMILES string of the molecule is COc1cccc(/C=C2\SC(=O)NC2=O)c1N1CC[C@H](NCCCN)C1. The van der Waals surface area contributed by atoms with Crippen molar-refractivity contribution in [2.24, 2.45) is 5.73 Å². The van der Waals surface area contributed by atoms with E-state index in [-0.39, 0.29) is 11.1 Å². The summed E-state index contributed by atoms with van der Waals surface area (Å²) in [5, 5.41) is 5.49. The Morgan fingerprint density at radius 2 is 2.31 bits per heavy atom. The van der Waals surface area contributed by atoms with Crippen LogP contribution in [-0.4, -0.2) is 50.5 Å². The van der Waals surface area contributed by atoms with E-state index in [0.29, 0.717) is 17.5 Å². The number of imide groups is 1. The summed E-state index contributed by atoms with van der Waals surface area (Å²) in [6, 6.07) is 6.15. The first-order chi connectivity index (χ1) is 12.6. The molecule has 0 aliphatic carbocycles. The number of anilines is 1. The molecule has 0 radical (unpaired) electrons. The van der Waals surface area contributed by atoms with Crippen molar-refractivity contribution in [2.45, 2.75) is 18.9 Å². The smallest absolute Gasteiger partial charge is 0.290 e. The summed E-state index contributed by atoms with van der Waals surface area (Å²) < 4.78 is 5.56. The number of nitrogens with zero attached hydrogens (tertiary/aromatic N) is 1. The Morgan fingerprint density at radius 1 is 1.46 bits per heavy atom. The normalized spacial score (nSPS) is 21.5. The van der Waals surface area contributed by atoms with Crippen molar-refractivity contribution in [2.75, 3.05) is 38.2 Å². The van der Waals surface area contributed by atoms with Gasteiger partial charge in [0.2, 0.25) is 0 Å². The summed E-state index contributed by atoms with van der Waals surface area (Å²) in [5.74, 6) is 0.410. The Labute approximate surface area is 157 Å². The number of amides is 2. The van der Waals surface area contributed by atoms with Crippen LogP contribution >= 0.6 is 11.8 Å². The number of rotatable bonds is 7. The molecule has 2 heterocycles. The molecule has 26 heavy (non-hydrogen) atoms. The molecule has 140 valence electrons. The topological polar surface area (TPSA) is 96.7 Å². The van der Waals surface area contributed by atoms with Crippen molar-refractivity contribution in [3.63, 3.8) is 0 Å². The quantitative estimate of drug-likeness (QED) is 0.490. The molecule has 2 amide bonds. The Hall–Kier alpha value is -2.03. The minimum atomic E-state index is -0.350. The van der Waals surface area contributed by atoms with E-state index in [2.05, 4.69) is 15.5 Å². The molecule has 0 aromatic heterocycles. The monoisotopic (exact) mass is 376 g/mol. The van der Waals surface area contributed by atoms with Crippen molar-refractivity contribution in [3.8, 4) is 5.75 Å². The molecule has 1 atom stereocenters. The molecule has 0 unspecified atom stereocenters. The van der Waals surface area contributed by atoms with Gasteiger partial charge in [0.15, 0.2) is 0 Å². The third-order valence-corrected chi connectivity index (χ3v) is 5.31. The molecule has 0 bridgehead atoms. The van der Waals surface area contributed by atoms with E-state index in [0.717, 1.165) is 61.2 Å². The lowest BCUT2D eigenvalue weighted by molar-refractivity contribution is -0.115. The van der Waals surface area contributed by atoms with E-state index < -0.39 is 0 Å². The molecule has 2 aliphatic rings. The van der Waals surface area contributed by atoms with Gasteiger partial charge in [0.1, 0.15) is 5.75 Å². The molecule has 0 spiro atoms. The number of carbonyl (C=O) groups excluding carboxylic acids is 2. The maximum Gasteiger partial charge on any atom is 0.290 e. The molecule has 3 rings (SSSR count). The Morgan fingerprint density at radius 3 is 3.00 bits per heavy atom. The van der Waals surface area contributed by atoms with Gasteiger partial charge in [0.25, 0.3) is 11.1 Å². The van der Waals surface area contributed by atoms with Crippen LogP contribution in [0.25, 0.3) is 6.08 Å². The average Bonchev–Trinajstić information content (AvgIpc) is 3.21. The summed E-state index contributed by atoms with van der Waals surface area (Å²) in [7, 11) is 1.64. The van der Waals surface area contributed by atoms with E-state index in [1.54, 1.807) is 13.2 Å². The summed E-state index contributed by atoms with van der Waals surface area (Å²) in [4.78, 5) is 26.0. The van der Waals surface area contributed by atoms with Gasteiger partial charge in [-0.3, -0.25) is 14.9 Å². The number of ether oxygens (including phenoxy) is 1. The van der Waals surface area contributed by atoms with Crippen LogP contribution in [0.2, 0.25) is 0 Å². The number of hydrogen-bond acceptors (Lipinski definition) is 7. The summed E-state index contributed by atoms with van der Waals surface area (Å²) >= 11 is 0.925. The predicted molar refractivity (Wildman–Crippen MR) is 104 cm³/mol. The van der Waals surface area contributed by atoms with Crippen LogP contribution in [-0.2, 0) is 4.79 Å². The fraction of sp³-hybridized carbons (Fsp3) is 0.444. The van der Waals surface area contributed by atoms with Gasteiger partial charge in [-0.05, 0) is 49.8 Å². The molecule has 7 nitrogen and oxygen atoms in total. The largest absolute Gasteiger partial charge is 0.495 e. The van der Waals surface area contributed by atoms with Crippen molar-refractivity contribution >= 4 is 34.7 Å². The fourth-order valence-electron chi connectivity index (χ4n) is 3.26. The number of benzene rings is 1. The average molecular weight is 376 g/mol. The Kier molecular flexibility index (Phi) is 6.18. The Bertz CT molecular complexity index is 722. The number of nitrogens with two attached hydrogens (primary N) is 1. The van der Waals surface area contributed by atoms with Crippen molar-refractivity contribution in [1.82, 2.24) is 10.6 Å². The molecule has 2 aliphatic heterocycles. The molecule has 8 heteroatoms. The number of thioether (sulfide) groups is 1. The standard InChI is InChI=1S/C18H24N4O3S/c1-25-14-5-2-4-12(10-15-17(23)21-18(24)26-15)16(14)22-9-6-13(11-22)20-8-3-7-19/h2,4-5,10,13,20H,3,6-9,11,19H2,1H3,(H,21,23,24)/b15-10-/t13-/m0/s1. The molecular weight excluding hydrogens is 352 g/mol. The Balaban J connectivity index is 1.83. The first-order valence-corrected chi connectivity index (χ1v) is 9.54. The third kappa shape index (κ3) is 4.20. The van der Waals surface area contributed by atoms with E-state index in [9.17, 15) is 9.59 Å². The van der Waals surface area contributed by atoms with Crippen LogP contribution in [0.3, 0.4) is 0 Å². The van der Waals surface area contributed by atoms with Crippen LogP contribution < -0.4 is 26.0 Å². The lowest BCUT2D eigenvalue weighted by atomic mass is 10.1. The van der Waals surface area contributed by atoms with Gasteiger partial charge < -0.3 is 20.7 Å². The van der Waals surface area contributed by atoms with Crippen LogP contribution in [0.1, 0.15) is 18.4 Å². The van der Waals surface area contributed by atoms with Crippen molar-refractivity contribution in [3.05, 3.63) is 28.7 Å². The summed E-state index contributed by atoms with van der Waals surface area (Å²) in [6.07, 6.45) is 3.76. The number of nitrogens with one attached hydrogen (secondary N) is 2.